The first-order valence-corrected chi connectivity index (χ1v) is 8.82. The fourth-order valence-corrected chi connectivity index (χ4v) is 3.37. The number of nitrogens with one attached hydrogen (secondary N) is 1. The molecule has 0 saturated carbocycles. The minimum Gasteiger partial charge on any atom is -0.354 e. The summed E-state index contributed by atoms with van der Waals surface area (Å²) < 4.78 is 46.1. The number of hydrogen-bond acceptors (Lipinski definition) is 4. The molecule has 0 spiro atoms. The fraction of sp³-hybridized carbons (Fsp3) is 0.118. The van der Waals surface area contributed by atoms with Crippen molar-refractivity contribution in [3.63, 3.8) is 0 Å². The Morgan fingerprint density at radius 1 is 1.08 bits per heavy atom. The van der Waals surface area contributed by atoms with Crippen LogP contribution in [-0.4, -0.2) is 13.6 Å². The number of rotatable bonds is 5. The van der Waals surface area contributed by atoms with E-state index in [1.807, 2.05) is 6.92 Å². The molecule has 0 radical (unpaired) electrons. The zero-order chi connectivity index (χ0) is 17.2. The van der Waals surface area contributed by atoms with Crippen molar-refractivity contribution in [2.45, 2.75) is 18.2 Å². The summed E-state index contributed by atoms with van der Waals surface area (Å²) in [7, 11) is -3.78. The smallest absolute Gasteiger partial charge is 0.262 e. The molecule has 0 aliphatic heterocycles. The Hall–Kier alpha value is -2.67. The zero-order valence-electron chi connectivity index (χ0n) is 12.9. The Morgan fingerprint density at radius 2 is 1.75 bits per heavy atom. The summed E-state index contributed by atoms with van der Waals surface area (Å²) in [4.78, 5) is 0.137. The Morgan fingerprint density at radius 3 is 2.38 bits per heavy atom. The second kappa shape index (κ2) is 6.45. The minimum atomic E-state index is -3.78. The predicted octanol–water partition coefficient (Wildman–Crippen LogP) is 3.84. The molecule has 0 saturated heterocycles. The molecular weight excluding hydrogens is 331 g/mol. The summed E-state index contributed by atoms with van der Waals surface area (Å²) in [5.41, 5.74) is 1.29. The van der Waals surface area contributed by atoms with Crippen LogP contribution < -0.4 is 4.72 Å². The number of anilines is 1. The Kier molecular flexibility index (Phi) is 4.35. The van der Waals surface area contributed by atoms with Gasteiger partial charge in [0.15, 0.2) is 5.76 Å². The van der Waals surface area contributed by atoms with Crippen LogP contribution >= 0.6 is 0 Å². The van der Waals surface area contributed by atoms with Crippen molar-refractivity contribution in [1.29, 1.82) is 0 Å². The lowest BCUT2D eigenvalue weighted by Crippen LogP contribution is -2.14. The summed E-state index contributed by atoms with van der Waals surface area (Å²) in [6.07, 6.45) is 0.483. The molecule has 7 heteroatoms. The molecule has 0 atom stereocenters. The number of aromatic nitrogens is 1. The van der Waals surface area contributed by atoms with Gasteiger partial charge in [0.2, 0.25) is 0 Å². The van der Waals surface area contributed by atoms with Gasteiger partial charge in [0, 0.05) is 5.56 Å². The van der Waals surface area contributed by atoms with E-state index in [2.05, 4.69) is 9.88 Å². The van der Waals surface area contributed by atoms with Crippen molar-refractivity contribution in [3.05, 3.63) is 66.1 Å². The molecule has 0 aliphatic rings. The first-order chi connectivity index (χ1) is 11.5. The van der Waals surface area contributed by atoms with Gasteiger partial charge in [-0.15, -0.1) is 0 Å². The van der Waals surface area contributed by atoms with E-state index in [4.69, 9.17) is 4.52 Å². The second-order valence-electron chi connectivity index (χ2n) is 5.11. The Bertz CT molecular complexity index is 936. The third kappa shape index (κ3) is 3.16. The van der Waals surface area contributed by atoms with Gasteiger partial charge in [-0.2, -0.15) is 0 Å². The van der Waals surface area contributed by atoms with Crippen LogP contribution in [0.4, 0.5) is 10.1 Å². The van der Waals surface area contributed by atoms with Crippen molar-refractivity contribution < 1.29 is 17.3 Å². The first-order valence-electron chi connectivity index (χ1n) is 7.33. The van der Waals surface area contributed by atoms with Crippen molar-refractivity contribution in [1.82, 2.24) is 5.16 Å². The van der Waals surface area contributed by atoms with Gasteiger partial charge in [0.25, 0.3) is 10.0 Å². The summed E-state index contributed by atoms with van der Waals surface area (Å²) >= 11 is 0. The minimum absolute atomic E-state index is 0.137. The van der Waals surface area contributed by atoms with Crippen molar-refractivity contribution in [2.24, 2.45) is 0 Å². The van der Waals surface area contributed by atoms with Crippen LogP contribution in [0.1, 0.15) is 12.6 Å². The summed E-state index contributed by atoms with van der Waals surface area (Å²) in [5.74, 6) is -0.133. The molecule has 1 aromatic heterocycles. The summed E-state index contributed by atoms with van der Waals surface area (Å²) in [6.45, 7) is 1.84. The number of sulfonamides is 1. The molecular formula is C17H15FN2O3S. The van der Waals surface area contributed by atoms with Gasteiger partial charge in [-0.05, 0) is 42.8 Å². The van der Waals surface area contributed by atoms with E-state index in [1.54, 1.807) is 18.2 Å². The van der Waals surface area contributed by atoms with Crippen LogP contribution in [0, 0.1) is 5.82 Å². The van der Waals surface area contributed by atoms with E-state index in [9.17, 15) is 12.8 Å². The standard InChI is InChI=1S/C17H15FN2O3S/c1-2-15-16(20-24(21,22)14-6-4-3-5-7-14)17(23-19-15)12-8-10-13(18)11-9-12/h3-11,20H,2H2,1H3. The lowest BCUT2D eigenvalue weighted by molar-refractivity contribution is 0.424. The van der Waals surface area contributed by atoms with Gasteiger partial charge in [-0.25, -0.2) is 12.8 Å². The van der Waals surface area contributed by atoms with Gasteiger partial charge in [-0.1, -0.05) is 30.3 Å². The number of benzene rings is 2. The summed E-state index contributed by atoms with van der Waals surface area (Å²) in [5, 5.41) is 3.92. The van der Waals surface area contributed by atoms with Crippen LogP contribution in [0.25, 0.3) is 11.3 Å². The number of hydrogen-bond donors (Lipinski definition) is 1. The van der Waals surface area contributed by atoms with Gasteiger partial charge in [0.05, 0.1) is 4.90 Å². The maximum absolute atomic E-state index is 13.1. The molecule has 1 N–H and O–H groups in total. The highest BCUT2D eigenvalue weighted by Gasteiger charge is 2.23. The molecule has 3 aromatic rings. The van der Waals surface area contributed by atoms with E-state index in [0.717, 1.165) is 0 Å². The summed E-state index contributed by atoms with van der Waals surface area (Å²) in [6, 6.07) is 13.6. The normalized spacial score (nSPS) is 11.4. The van der Waals surface area contributed by atoms with Crippen molar-refractivity contribution >= 4 is 15.7 Å². The van der Waals surface area contributed by atoms with Gasteiger partial charge < -0.3 is 4.52 Å². The SMILES string of the molecule is CCc1noc(-c2ccc(F)cc2)c1NS(=O)(=O)c1ccccc1. The Labute approximate surface area is 139 Å². The van der Waals surface area contributed by atoms with Crippen LogP contribution in [0.3, 0.4) is 0 Å². The molecule has 3 rings (SSSR count). The van der Waals surface area contributed by atoms with Crippen LogP contribution in [0.15, 0.2) is 64.0 Å². The maximum Gasteiger partial charge on any atom is 0.262 e. The Balaban J connectivity index is 2.04. The largest absolute Gasteiger partial charge is 0.354 e. The van der Waals surface area contributed by atoms with Crippen molar-refractivity contribution in [2.75, 3.05) is 4.72 Å². The molecule has 124 valence electrons. The van der Waals surface area contributed by atoms with E-state index in [-0.39, 0.29) is 22.2 Å². The average molecular weight is 346 g/mol. The topological polar surface area (TPSA) is 72.2 Å². The molecule has 2 aromatic carbocycles. The van der Waals surface area contributed by atoms with E-state index in [1.165, 1.54) is 36.4 Å². The molecule has 24 heavy (non-hydrogen) atoms. The number of halogens is 1. The number of nitrogens with zero attached hydrogens (tertiary/aromatic N) is 1. The molecule has 0 bridgehead atoms. The van der Waals surface area contributed by atoms with Gasteiger partial charge >= 0.3 is 0 Å². The molecule has 5 nitrogen and oxygen atoms in total. The molecule has 1 heterocycles. The third-order valence-electron chi connectivity index (χ3n) is 3.49. The predicted molar refractivity (Wildman–Crippen MR) is 88.5 cm³/mol. The molecule has 0 amide bonds. The van der Waals surface area contributed by atoms with Crippen molar-refractivity contribution in [3.8, 4) is 11.3 Å². The fourth-order valence-electron chi connectivity index (χ4n) is 2.26. The highest BCUT2D eigenvalue weighted by Crippen LogP contribution is 2.33. The lowest BCUT2D eigenvalue weighted by atomic mass is 10.1. The van der Waals surface area contributed by atoms with E-state index >= 15 is 0 Å². The zero-order valence-corrected chi connectivity index (χ0v) is 13.7. The number of aryl methyl sites for hydroxylation is 1. The third-order valence-corrected chi connectivity index (χ3v) is 4.86. The van der Waals surface area contributed by atoms with Crippen LogP contribution in [0.5, 0.6) is 0 Å². The quantitative estimate of drug-likeness (QED) is 0.762. The highest BCUT2D eigenvalue weighted by molar-refractivity contribution is 7.92. The van der Waals surface area contributed by atoms with Crippen LogP contribution in [-0.2, 0) is 16.4 Å². The van der Waals surface area contributed by atoms with E-state index in [0.29, 0.717) is 17.7 Å². The maximum atomic E-state index is 13.1. The average Bonchev–Trinajstić information content (AvgIpc) is 2.98. The first kappa shape index (κ1) is 16.2. The van der Waals surface area contributed by atoms with Crippen LogP contribution in [0.2, 0.25) is 0 Å². The van der Waals surface area contributed by atoms with E-state index < -0.39 is 10.0 Å². The second-order valence-corrected chi connectivity index (χ2v) is 6.79. The molecule has 0 aliphatic carbocycles. The monoisotopic (exact) mass is 346 g/mol. The lowest BCUT2D eigenvalue weighted by Gasteiger charge is -2.09. The van der Waals surface area contributed by atoms with Gasteiger partial charge in [0.1, 0.15) is 17.2 Å². The highest BCUT2D eigenvalue weighted by atomic mass is 32.2. The molecule has 0 unspecified atom stereocenters. The molecule has 0 fully saturated rings. The van der Waals surface area contributed by atoms with Gasteiger partial charge in [-0.3, -0.25) is 4.72 Å².